The highest BCUT2D eigenvalue weighted by atomic mass is 19.3. The van der Waals surface area contributed by atoms with Crippen LogP contribution in [0, 0.1) is 0 Å². The first-order chi connectivity index (χ1) is 8.54. The summed E-state index contributed by atoms with van der Waals surface area (Å²) in [6.45, 7) is 0.369. The monoisotopic (exact) mass is 262 g/mol. The average molecular weight is 262 g/mol. The van der Waals surface area contributed by atoms with Crippen molar-refractivity contribution in [3.8, 4) is 0 Å². The van der Waals surface area contributed by atoms with E-state index >= 15 is 0 Å². The van der Waals surface area contributed by atoms with Crippen molar-refractivity contribution in [2.45, 2.75) is 19.4 Å². The Labute approximate surface area is 103 Å². The quantitative estimate of drug-likeness (QED) is 0.701. The summed E-state index contributed by atoms with van der Waals surface area (Å²) in [6, 6.07) is 0. The van der Waals surface area contributed by atoms with Gasteiger partial charge in [-0.1, -0.05) is 0 Å². The summed E-state index contributed by atoms with van der Waals surface area (Å²) >= 11 is 0. The number of hydrogen-bond acceptors (Lipinski definition) is 4. The Morgan fingerprint density at radius 2 is 2.39 bits per heavy atom. The Morgan fingerprint density at radius 3 is 3.00 bits per heavy atom. The van der Waals surface area contributed by atoms with Crippen LogP contribution in [0.1, 0.15) is 16.8 Å². The maximum absolute atomic E-state index is 12.1. The third-order valence-electron chi connectivity index (χ3n) is 2.17. The van der Waals surface area contributed by atoms with Crippen molar-refractivity contribution in [3.63, 3.8) is 0 Å². The number of nitrogens with one attached hydrogen (secondary N) is 1. The zero-order chi connectivity index (χ0) is 13.5. The van der Waals surface area contributed by atoms with Crippen LogP contribution in [0.2, 0.25) is 0 Å². The van der Waals surface area contributed by atoms with Gasteiger partial charge in [0.25, 0.3) is 12.3 Å². The van der Waals surface area contributed by atoms with E-state index in [1.807, 2.05) is 0 Å². The van der Waals surface area contributed by atoms with E-state index in [1.54, 1.807) is 7.11 Å². The fourth-order valence-corrected chi connectivity index (χ4v) is 1.36. The third-order valence-corrected chi connectivity index (χ3v) is 2.17. The van der Waals surface area contributed by atoms with Crippen LogP contribution in [0.3, 0.4) is 0 Å². The Hall–Kier alpha value is -1.70. The Kier molecular flexibility index (Phi) is 5.50. The van der Waals surface area contributed by atoms with Gasteiger partial charge in [0.15, 0.2) is 5.82 Å². The number of amides is 1. The molecule has 0 saturated heterocycles. The number of methoxy groups -OCH3 is 1. The Bertz CT molecular complexity index is 395. The number of aromatic nitrogens is 2. The van der Waals surface area contributed by atoms with Gasteiger partial charge in [0.2, 0.25) is 0 Å². The van der Waals surface area contributed by atoms with Crippen LogP contribution in [-0.4, -0.2) is 42.4 Å². The molecule has 0 atom stereocenters. The van der Waals surface area contributed by atoms with Crippen molar-refractivity contribution in [2.24, 2.45) is 0 Å². The van der Waals surface area contributed by atoms with E-state index in [-0.39, 0.29) is 11.4 Å². The van der Waals surface area contributed by atoms with Gasteiger partial charge in [-0.2, -0.15) is 5.10 Å². The molecule has 8 heteroatoms. The molecule has 1 heterocycles. The number of alkyl halides is 2. The smallest absolute Gasteiger partial charge is 0.257 e. The number of ether oxygens (including phenoxy) is 1. The number of carbonyl (C=O) groups excluding carboxylic acids is 1. The van der Waals surface area contributed by atoms with Gasteiger partial charge in [0.05, 0.1) is 0 Å². The molecule has 1 aromatic rings. The van der Waals surface area contributed by atoms with Crippen molar-refractivity contribution in [1.29, 1.82) is 0 Å². The molecule has 18 heavy (non-hydrogen) atoms. The highest BCUT2D eigenvalue weighted by Crippen LogP contribution is 2.10. The van der Waals surface area contributed by atoms with Gasteiger partial charge in [-0.25, -0.2) is 8.78 Å². The molecular formula is C10H16F2N4O2. The molecule has 0 saturated carbocycles. The highest BCUT2D eigenvalue weighted by Gasteiger charge is 2.15. The van der Waals surface area contributed by atoms with Gasteiger partial charge in [0.1, 0.15) is 12.1 Å². The van der Waals surface area contributed by atoms with Crippen LogP contribution < -0.4 is 11.1 Å². The fraction of sp³-hybridized carbons (Fsp3) is 0.600. The fourth-order valence-electron chi connectivity index (χ4n) is 1.36. The lowest BCUT2D eigenvalue weighted by Crippen LogP contribution is -2.25. The second-order valence-corrected chi connectivity index (χ2v) is 3.64. The van der Waals surface area contributed by atoms with Crippen molar-refractivity contribution in [1.82, 2.24) is 15.1 Å². The minimum atomic E-state index is -2.54. The van der Waals surface area contributed by atoms with Crippen molar-refractivity contribution < 1.29 is 18.3 Å². The lowest BCUT2D eigenvalue weighted by Gasteiger charge is -2.03. The van der Waals surface area contributed by atoms with Crippen LogP contribution in [0.5, 0.6) is 0 Å². The van der Waals surface area contributed by atoms with Crippen LogP contribution in [-0.2, 0) is 11.3 Å². The Morgan fingerprint density at radius 1 is 1.67 bits per heavy atom. The first-order valence-corrected chi connectivity index (χ1v) is 5.42. The zero-order valence-electron chi connectivity index (χ0n) is 10.0. The molecule has 6 nitrogen and oxygen atoms in total. The Balaban J connectivity index is 2.54. The molecule has 0 unspecified atom stereocenters. The molecule has 0 aliphatic heterocycles. The number of nitrogens with zero attached hydrogens (tertiary/aromatic N) is 2. The molecule has 1 rings (SSSR count). The molecule has 3 N–H and O–H groups in total. The summed E-state index contributed by atoms with van der Waals surface area (Å²) in [5.41, 5.74) is 5.59. The second-order valence-electron chi connectivity index (χ2n) is 3.64. The van der Waals surface area contributed by atoms with Crippen LogP contribution in [0.15, 0.2) is 6.20 Å². The maximum atomic E-state index is 12.1. The van der Waals surface area contributed by atoms with Crippen molar-refractivity contribution in [2.75, 3.05) is 26.0 Å². The SMILES string of the molecule is COCCCNC(=O)c1cn(CC(F)F)nc1N. The van der Waals surface area contributed by atoms with E-state index in [2.05, 4.69) is 10.4 Å². The normalized spacial score (nSPS) is 10.9. The molecule has 102 valence electrons. The van der Waals surface area contributed by atoms with E-state index in [9.17, 15) is 13.6 Å². The number of rotatable bonds is 7. The molecule has 0 radical (unpaired) electrons. The van der Waals surface area contributed by atoms with Gasteiger partial charge in [-0.05, 0) is 6.42 Å². The molecule has 0 aliphatic rings. The first-order valence-electron chi connectivity index (χ1n) is 5.42. The molecule has 0 bridgehead atoms. The number of carbonyl (C=O) groups is 1. The highest BCUT2D eigenvalue weighted by molar-refractivity contribution is 5.98. The van der Waals surface area contributed by atoms with E-state index in [1.165, 1.54) is 6.20 Å². The second kappa shape index (κ2) is 6.90. The molecular weight excluding hydrogens is 246 g/mol. The molecule has 0 aliphatic carbocycles. The predicted octanol–water partition coefficient (Wildman–Crippen LogP) is 0.497. The van der Waals surface area contributed by atoms with Crippen molar-refractivity contribution >= 4 is 11.7 Å². The summed E-state index contributed by atoms with van der Waals surface area (Å²) in [5, 5.41) is 6.25. The molecule has 1 aromatic heterocycles. The lowest BCUT2D eigenvalue weighted by atomic mass is 10.3. The standard InChI is InChI=1S/C10H16F2N4O2/c1-18-4-2-3-14-10(17)7-5-16(6-8(11)12)15-9(7)13/h5,8H,2-4,6H2,1H3,(H2,13,15)(H,14,17). The van der Waals surface area contributed by atoms with E-state index in [4.69, 9.17) is 10.5 Å². The van der Waals surface area contributed by atoms with Gasteiger partial charge in [0, 0.05) is 26.5 Å². The number of nitrogen functional groups attached to an aromatic ring is 1. The number of hydrogen-bond donors (Lipinski definition) is 2. The first kappa shape index (κ1) is 14.4. The van der Waals surface area contributed by atoms with E-state index in [0.29, 0.717) is 19.6 Å². The molecule has 1 amide bonds. The van der Waals surface area contributed by atoms with Gasteiger partial charge >= 0.3 is 0 Å². The van der Waals surface area contributed by atoms with Crippen LogP contribution in [0.25, 0.3) is 0 Å². The van der Waals surface area contributed by atoms with Gasteiger partial charge in [-0.3, -0.25) is 9.48 Å². The van der Waals surface area contributed by atoms with E-state index in [0.717, 1.165) is 4.68 Å². The topological polar surface area (TPSA) is 82.2 Å². The summed E-state index contributed by atoms with van der Waals surface area (Å²) in [7, 11) is 1.56. The molecule has 0 fully saturated rings. The van der Waals surface area contributed by atoms with Crippen LogP contribution in [0.4, 0.5) is 14.6 Å². The zero-order valence-corrected chi connectivity index (χ0v) is 10.0. The van der Waals surface area contributed by atoms with Crippen molar-refractivity contribution in [3.05, 3.63) is 11.8 Å². The molecule has 0 spiro atoms. The third kappa shape index (κ3) is 4.28. The molecule has 0 aromatic carbocycles. The predicted molar refractivity (Wildman–Crippen MR) is 61.5 cm³/mol. The summed E-state index contributed by atoms with van der Waals surface area (Å²) in [6.07, 6.45) is -0.664. The van der Waals surface area contributed by atoms with Gasteiger partial charge < -0.3 is 15.8 Å². The minimum Gasteiger partial charge on any atom is -0.385 e. The summed E-state index contributed by atoms with van der Waals surface area (Å²) < 4.78 is 30.1. The van der Waals surface area contributed by atoms with Gasteiger partial charge in [-0.15, -0.1) is 0 Å². The maximum Gasteiger partial charge on any atom is 0.257 e. The summed E-state index contributed by atoms with van der Waals surface area (Å²) in [4.78, 5) is 11.7. The van der Waals surface area contributed by atoms with Crippen LogP contribution >= 0.6 is 0 Å². The average Bonchev–Trinajstić information content (AvgIpc) is 2.64. The van der Waals surface area contributed by atoms with E-state index < -0.39 is 18.9 Å². The number of anilines is 1. The number of halogens is 2. The summed E-state index contributed by atoms with van der Waals surface area (Å²) in [5.74, 6) is -0.482. The largest absolute Gasteiger partial charge is 0.385 e. The number of nitrogens with two attached hydrogens (primary N) is 1. The minimum absolute atomic E-state index is 0.0557. The lowest BCUT2D eigenvalue weighted by molar-refractivity contribution is 0.0947.